The minimum Gasteiger partial charge on any atom is -0.484 e. The lowest BCUT2D eigenvalue weighted by atomic mass is 10.2. The van der Waals surface area contributed by atoms with E-state index >= 15 is 0 Å². The predicted molar refractivity (Wildman–Crippen MR) is 106 cm³/mol. The third-order valence-corrected chi connectivity index (χ3v) is 7.61. The van der Waals surface area contributed by atoms with Gasteiger partial charge in [0.15, 0.2) is 6.61 Å². The second-order valence-corrected chi connectivity index (χ2v) is 9.84. The molecule has 0 unspecified atom stereocenters. The first-order valence-corrected chi connectivity index (χ1v) is 11.4. The van der Waals surface area contributed by atoms with Crippen molar-refractivity contribution < 1.29 is 17.9 Å². The van der Waals surface area contributed by atoms with E-state index in [1.54, 1.807) is 6.07 Å². The van der Waals surface area contributed by atoms with E-state index in [-0.39, 0.29) is 17.4 Å². The Balaban J connectivity index is 1.54. The fraction of sp³-hybridized carbons (Fsp3) is 0.235. The lowest BCUT2D eigenvalue weighted by Gasteiger charge is -2.11. The lowest BCUT2D eigenvalue weighted by Crippen LogP contribution is -2.20. The maximum atomic E-state index is 12.0. The van der Waals surface area contributed by atoms with E-state index in [4.69, 9.17) is 9.88 Å². The van der Waals surface area contributed by atoms with E-state index < -0.39 is 10.0 Å². The molecule has 0 saturated carbocycles. The molecule has 138 valence electrons. The number of sulfonamides is 1. The lowest BCUT2D eigenvalue weighted by molar-refractivity contribution is -0.118. The molecule has 1 amide bonds. The molecule has 0 aliphatic carbocycles. The Labute approximate surface area is 160 Å². The van der Waals surface area contributed by atoms with Gasteiger partial charge in [-0.25, -0.2) is 13.6 Å². The Morgan fingerprint density at radius 2 is 1.85 bits per heavy atom. The largest absolute Gasteiger partial charge is 0.484 e. The van der Waals surface area contributed by atoms with E-state index in [0.29, 0.717) is 16.0 Å². The van der Waals surface area contributed by atoms with Crippen molar-refractivity contribution in [3.8, 4) is 5.75 Å². The Morgan fingerprint density at radius 3 is 2.50 bits per heavy atom. The molecule has 26 heavy (non-hydrogen) atoms. The zero-order valence-corrected chi connectivity index (χ0v) is 16.2. The number of hydrogen-bond donors (Lipinski definition) is 2. The minimum absolute atomic E-state index is 0.0607. The van der Waals surface area contributed by atoms with Crippen molar-refractivity contribution in [3.63, 3.8) is 0 Å². The van der Waals surface area contributed by atoms with Crippen LogP contribution in [0.15, 0.2) is 53.4 Å². The number of primary sulfonamides is 1. The molecule has 1 aliphatic heterocycles. The number of benzene rings is 2. The van der Waals surface area contributed by atoms with Gasteiger partial charge in [0.2, 0.25) is 10.0 Å². The summed E-state index contributed by atoms with van der Waals surface area (Å²) in [4.78, 5) is 11.9. The molecule has 0 spiro atoms. The van der Waals surface area contributed by atoms with Gasteiger partial charge in [0.25, 0.3) is 5.91 Å². The Morgan fingerprint density at radius 1 is 1.15 bits per heavy atom. The van der Waals surface area contributed by atoms with E-state index in [2.05, 4.69) is 5.32 Å². The summed E-state index contributed by atoms with van der Waals surface area (Å²) in [6, 6.07) is 13.5. The zero-order chi connectivity index (χ0) is 18.6. The van der Waals surface area contributed by atoms with Crippen molar-refractivity contribution in [2.45, 2.75) is 9.48 Å². The average Bonchev–Trinajstić information content (AvgIpc) is 3.14. The predicted octanol–water partition coefficient (Wildman–Crippen LogP) is 2.83. The third-order valence-electron chi connectivity index (χ3n) is 3.59. The number of nitrogens with one attached hydrogen (secondary N) is 1. The first-order chi connectivity index (χ1) is 12.4. The van der Waals surface area contributed by atoms with Crippen LogP contribution in [0.1, 0.15) is 10.1 Å². The quantitative estimate of drug-likeness (QED) is 0.760. The van der Waals surface area contributed by atoms with Crippen molar-refractivity contribution in [1.29, 1.82) is 0 Å². The van der Waals surface area contributed by atoms with Crippen LogP contribution >= 0.6 is 23.5 Å². The highest BCUT2D eigenvalue weighted by Gasteiger charge is 2.18. The number of carbonyl (C=O) groups excluding carboxylic acids is 1. The molecule has 0 bridgehead atoms. The molecule has 0 atom stereocenters. The van der Waals surface area contributed by atoms with Gasteiger partial charge in [-0.05, 0) is 35.9 Å². The van der Waals surface area contributed by atoms with E-state index in [1.807, 2.05) is 47.8 Å². The summed E-state index contributed by atoms with van der Waals surface area (Å²) in [7, 11) is -3.81. The molecule has 1 aliphatic rings. The highest BCUT2D eigenvalue weighted by atomic mass is 32.2. The molecule has 0 aromatic heterocycles. The van der Waals surface area contributed by atoms with Crippen molar-refractivity contribution >= 4 is 45.1 Å². The summed E-state index contributed by atoms with van der Waals surface area (Å²) in [6.45, 7) is -0.175. The van der Waals surface area contributed by atoms with Crippen LogP contribution in [0.2, 0.25) is 0 Å². The Hall–Kier alpha value is -1.68. The van der Waals surface area contributed by atoms with Gasteiger partial charge in [-0.15, -0.1) is 23.5 Å². The second-order valence-electron chi connectivity index (χ2n) is 5.55. The summed E-state index contributed by atoms with van der Waals surface area (Å²) >= 11 is 3.86. The molecule has 9 heteroatoms. The molecule has 3 N–H and O–H groups in total. The minimum atomic E-state index is -3.81. The maximum absolute atomic E-state index is 12.0. The molecular weight excluding hydrogens is 392 g/mol. The van der Waals surface area contributed by atoms with Crippen LogP contribution in [0, 0.1) is 0 Å². The Bertz CT molecular complexity index is 879. The fourth-order valence-corrected chi connectivity index (χ4v) is 5.79. The zero-order valence-electron chi connectivity index (χ0n) is 13.8. The Kier molecular flexibility index (Phi) is 6.13. The van der Waals surface area contributed by atoms with Gasteiger partial charge in [-0.1, -0.05) is 18.2 Å². The van der Waals surface area contributed by atoms with Crippen molar-refractivity contribution in [2.75, 3.05) is 23.4 Å². The molecule has 2 aromatic carbocycles. The van der Waals surface area contributed by atoms with Gasteiger partial charge in [0, 0.05) is 17.2 Å². The summed E-state index contributed by atoms with van der Waals surface area (Å²) in [5.41, 5.74) is 1.59. The van der Waals surface area contributed by atoms with E-state index in [0.717, 1.165) is 0 Å². The highest BCUT2D eigenvalue weighted by Crippen LogP contribution is 2.45. The number of rotatable bonds is 6. The van der Waals surface area contributed by atoms with Gasteiger partial charge >= 0.3 is 0 Å². The summed E-state index contributed by atoms with van der Waals surface area (Å²) in [5.74, 6) is 2.55. The molecule has 1 heterocycles. The summed E-state index contributed by atoms with van der Waals surface area (Å²) < 4.78 is 28.6. The molecule has 2 aromatic rings. The van der Waals surface area contributed by atoms with Crippen LogP contribution in [-0.2, 0) is 14.8 Å². The molecule has 6 nitrogen and oxygen atoms in total. The van der Waals surface area contributed by atoms with Crippen LogP contribution in [0.4, 0.5) is 5.69 Å². The average molecular weight is 411 g/mol. The maximum Gasteiger partial charge on any atom is 0.262 e. The number of thioether (sulfide) groups is 2. The number of amides is 1. The van der Waals surface area contributed by atoms with Gasteiger partial charge in [-0.2, -0.15) is 0 Å². The molecule has 3 rings (SSSR count). The number of anilines is 1. The SMILES string of the molecule is NS(=O)(=O)c1cccc(NC(=O)COc2ccc(C3SCCS3)cc2)c1. The van der Waals surface area contributed by atoms with Crippen molar-refractivity contribution in [3.05, 3.63) is 54.1 Å². The van der Waals surface area contributed by atoms with Gasteiger partial charge in [0.05, 0.1) is 9.48 Å². The number of ether oxygens (including phenoxy) is 1. The van der Waals surface area contributed by atoms with Gasteiger partial charge in [-0.3, -0.25) is 4.79 Å². The third kappa shape index (κ3) is 5.16. The molecular formula is C17H18N2O4S3. The number of nitrogens with two attached hydrogens (primary N) is 1. The van der Waals surface area contributed by atoms with Crippen molar-refractivity contribution in [2.24, 2.45) is 5.14 Å². The standard InChI is InChI=1S/C17H18N2O4S3/c18-26(21,22)15-3-1-2-13(10-15)19-16(20)11-23-14-6-4-12(5-7-14)17-24-8-9-25-17/h1-7,10,17H,8-9,11H2,(H,19,20)(H2,18,21,22). The monoisotopic (exact) mass is 410 g/mol. The smallest absolute Gasteiger partial charge is 0.262 e. The van der Waals surface area contributed by atoms with E-state index in [9.17, 15) is 13.2 Å². The van der Waals surface area contributed by atoms with Crippen LogP contribution in [0.25, 0.3) is 0 Å². The summed E-state index contributed by atoms with van der Waals surface area (Å²) in [6.07, 6.45) is 0. The molecule has 1 saturated heterocycles. The fourth-order valence-electron chi connectivity index (χ4n) is 2.37. The first-order valence-electron chi connectivity index (χ1n) is 7.80. The molecule has 1 fully saturated rings. The summed E-state index contributed by atoms with van der Waals surface area (Å²) in [5, 5.41) is 7.67. The van der Waals surface area contributed by atoms with Gasteiger partial charge < -0.3 is 10.1 Å². The van der Waals surface area contributed by atoms with Crippen LogP contribution in [-0.4, -0.2) is 32.4 Å². The first kappa shape index (κ1) is 19.1. The van der Waals surface area contributed by atoms with Crippen LogP contribution in [0.5, 0.6) is 5.75 Å². The number of hydrogen-bond acceptors (Lipinski definition) is 6. The second kappa shape index (κ2) is 8.34. The van der Waals surface area contributed by atoms with E-state index in [1.165, 1.54) is 35.3 Å². The number of carbonyl (C=O) groups is 1. The van der Waals surface area contributed by atoms with Gasteiger partial charge in [0.1, 0.15) is 5.75 Å². The normalized spacial score (nSPS) is 15.0. The van der Waals surface area contributed by atoms with Crippen LogP contribution in [0.3, 0.4) is 0 Å². The topological polar surface area (TPSA) is 98.5 Å². The van der Waals surface area contributed by atoms with Crippen molar-refractivity contribution in [1.82, 2.24) is 0 Å². The molecule has 0 radical (unpaired) electrons. The highest BCUT2D eigenvalue weighted by molar-refractivity contribution is 8.19. The van der Waals surface area contributed by atoms with Crippen LogP contribution < -0.4 is 15.2 Å².